The molecular weight excluding hydrogens is 392 g/mol. The Bertz CT molecular complexity index is 1090. The van der Waals surface area contributed by atoms with Crippen molar-refractivity contribution in [3.05, 3.63) is 59.4 Å². The number of aromatic nitrogens is 1. The molecule has 3 aromatic rings. The van der Waals surface area contributed by atoms with Gasteiger partial charge >= 0.3 is 0 Å². The summed E-state index contributed by atoms with van der Waals surface area (Å²) in [4.78, 5) is 20.0. The van der Waals surface area contributed by atoms with Gasteiger partial charge in [-0.05, 0) is 61.0 Å². The first-order chi connectivity index (χ1) is 15.1. The predicted molar refractivity (Wildman–Crippen MR) is 120 cm³/mol. The fourth-order valence-electron chi connectivity index (χ4n) is 4.43. The highest BCUT2D eigenvalue weighted by molar-refractivity contribution is 6.00. The second-order valence-corrected chi connectivity index (χ2v) is 7.85. The standard InChI is InChI=1S/C25H28N2O4/c1-16-19-13-20(26-14-17(19)10-11-21(16)29-2)18-7-6-12-27(15-18)25(28)24-22(30-3)8-5-9-23(24)31-4/h5,8-11,13-14,18H,6-7,12,15H2,1-4H3/t18-/m0/s1. The van der Waals surface area contributed by atoms with Crippen molar-refractivity contribution in [2.75, 3.05) is 34.4 Å². The fraction of sp³-hybridized carbons (Fsp3) is 0.360. The van der Waals surface area contributed by atoms with Crippen molar-refractivity contribution < 1.29 is 19.0 Å². The Morgan fingerprint density at radius 1 is 1.03 bits per heavy atom. The zero-order chi connectivity index (χ0) is 22.0. The van der Waals surface area contributed by atoms with Gasteiger partial charge in [-0.2, -0.15) is 0 Å². The van der Waals surface area contributed by atoms with Crippen molar-refractivity contribution in [2.24, 2.45) is 0 Å². The van der Waals surface area contributed by atoms with E-state index in [-0.39, 0.29) is 11.8 Å². The number of hydrogen-bond donors (Lipinski definition) is 0. The average Bonchev–Trinajstić information content (AvgIpc) is 2.83. The highest BCUT2D eigenvalue weighted by Gasteiger charge is 2.30. The maximum Gasteiger partial charge on any atom is 0.261 e. The minimum Gasteiger partial charge on any atom is -0.496 e. The van der Waals surface area contributed by atoms with Gasteiger partial charge in [0, 0.05) is 36.3 Å². The van der Waals surface area contributed by atoms with E-state index in [4.69, 9.17) is 19.2 Å². The smallest absolute Gasteiger partial charge is 0.261 e. The summed E-state index contributed by atoms with van der Waals surface area (Å²) in [6, 6.07) is 11.6. The molecule has 1 aliphatic rings. The largest absolute Gasteiger partial charge is 0.496 e. The van der Waals surface area contributed by atoms with Gasteiger partial charge in [0.15, 0.2) is 0 Å². The second kappa shape index (κ2) is 8.84. The molecule has 0 radical (unpaired) electrons. The summed E-state index contributed by atoms with van der Waals surface area (Å²) in [5, 5.41) is 2.23. The molecule has 1 saturated heterocycles. The summed E-state index contributed by atoms with van der Waals surface area (Å²) < 4.78 is 16.4. The van der Waals surface area contributed by atoms with E-state index in [1.54, 1.807) is 33.5 Å². The Labute approximate surface area is 182 Å². The molecule has 1 fully saturated rings. The zero-order valence-electron chi connectivity index (χ0n) is 18.5. The Balaban J connectivity index is 1.64. The van der Waals surface area contributed by atoms with E-state index in [2.05, 4.69) is 13.0 Å². The van der Waals surface area contributed by atoms with E-state index < -0.39 is 0 Å². The van der Waals surface area contributed by atoms with Crippen molar-refractivity contribution in [2.45, 2.75) is 25.7 Å². The first kappa shape index (κ1) is 21.0. The summed E-state index contributed by atoms with van der Waals surface area (Å²) in [5.41, 5.74) is 2.58. The molecule has 1 amide bonds. The lowest BCUT2D eigenvalue weighted by Crippen LogP contribution is -2.39. The van der Waals surface area contributed by atoms with Crippen molar-refractivity contribution >= 4 is 16.7 Å². The topological polar surface area (TPSA) is 60.9 Å². The Morgan fingerprint density at radius 2 is 1.74 bits per heavy atom. The number of ether oxygens (including phenoxy) is 3. The molecule has 2 heterocycles. The predicted octanol–water partition coefficient (Wildman–Crippen LogP) is 4.59. The minimum absolute atomic E-state index is 0.0716. The maximum absolute atomic E-state index is 13.4. The lowest BCUT2D eigenvalue weighted by atomic mass is 9.92. The number of fused-ring (bicyclic) bond motifs is 1. The maximum atomic E-state index is 13.4. The third-order valence-corrected chi connectivity index (χ3v) is 6.13. The quantitative estimate of drug-likeness (QED) is 0.604. The molecule has 0 saturated carbocycles. The van der Waals surface area contributed by atoms with Crippen LogP contribution in [0, 0.1) is 6.92 Å². The van der Waals surface area contributed by atoms with E-state index in [9.17, 15) is 4.79 Å². The van der Waals surface area contributed by atoms with Crippen LogP contribution in [-0.4, -0.2) is 50.2 Å². The molecule has 6 nitrogen and oxygen atoms in total. The van der Waals surface area contributed by atoms with Crippen molar-refractivity contribution in [3.63, 3.8) is 0 Å². The summed E-state index contributed by atoms with van der Waals surface area (Å²) in [6.07, 6.45) is 3.83. The SMILES string of the molecule is COc1cccc(OC)c1C(=O)N1CCC[C@H](c2cc3c(C)c(OC)ccc3cn2)C1. The van der Waals surface area contributed by atoms with Crippen LogP contribution in [0.2, 0.25) is 0 Å². The Morgan fingerprint density at radius 3 is 2.42 bits per heavy atom. The number of likely N-dealkylation sites (tertiary alicyclic amines) is 1. The first-order valence-electron chi connectivity index (χ1n) is 10.5. The molecule has 31 heavy (non-hydrogen) atoms. The van der Waals surface area contributed by atoms with Crippen LogP contribution in [0.25, 0.3) is 10.8 Å². The van der Waals surface area contributed by atoms with E-state index >= 15 is 0 Å². The number of aryl methyl sites for hydroxylation is 1. The third-order valence-electron chi connectivity index (χ3n) is 6.13. The normalized spacial score (nSPS) is 16.3. The van der Waals surface area contributed by atoms with Crippen LogP contribution in [0.4, 0.5) is 0 Å². The molecular formula is C25H28N2O4. The summed E-state index contributed by atoms with van der Waals surface area (Å²) >= 11 is 0. The van der Waals surface area contributed by atoms with Crippen LogP contribution >= 0.6 is 0 Å². The van der Waals surface area contributed by atoms with Gasteiger partial charge in [-0.25, -0.2) is 0 Å². The van der Waals surface area contributed by atoms with E-state index in [0.717, 1.165) is 40.6 Å². The highest BCUT2D eigenvalue weighted by atomic mass is 16.5. The van der Waals surface area contributed by atoms with Gasteiger partial charge in [0.1, 0.15) is 22.8 Å². The van der Waals surface area contributed by atoms with Gasteiger partial charge in [0.05, 0.1) is 21.3 Å². The number of carbonyl (C=O) groups excluding carboxylic acids is 1. The van der Waals surface area contributed by atoms with Crippen LogP contribution in [0.5, 0.6) is 17.2 Å². The number of piperidine rings is 1. The third kappa shape index (κ3) is 3.90. The van der Waals surface area contributed by atoms with Gasteiger partial charge in [-0.3, -0.25) is 9.78 Å². The molecule has 0 unspecified atom stereocenters. The van der Waals surface area contributed by atoms with Crippen molar-refractivity contribution in [1.29, 1.82) is 0 Å². The minimum atomic E-state index is -0.0716. The molecule has 4 rings (SSSR count). The number of amides is 1. The first-order valence-corrected chi connectivity index (χ1v) is 10.5. The molecule has 0 aliphatic carbocycles. The molecule has 1 aromatic heterocycles. The molecule has 0 bridgehead atoms. The Hall–Kier alpha value is -3.28. The number of benzene rings is 2. The van der Waals surface area contributed by atoms with Gasteiger partial charge in [-0.1, -0.05) is 6.07 Å². The fourth-order valence-corrected chi connectivity index (χ4v) is 4.43. The van der Waals surface area contributed by atoms with E-state index in [1.807, 2.05) is 29.3 Å². The molecule has 0 N–H and O–H groups in total. The summed E-state index contributed by atoms with van der Waals surface area (Å²) in [7, 11) is 4.83. The summed E-state index contributed by atoms with van der Waals surface area (Å²) in [6.45, 7) is 3.38. The van der Waals surface area contributed by atoms with Crippen LogP contribution in [0.3, 0.4) is 0 Å². The van der Waals surface area contributed by atoms with E-state index in [0.29, 0.717) is 30.2 Å². The lowest BCUT2D eigenvalue weighted by molar-refractivity contribution is 0.0699. The molecule has 2 aromatic carbocycles. The van der Waals surface area contributed by atoms with Gasteiger partial charge < -0.3 is 19.1 Å². The molecule has 1 atom stereocenters. The molecule has 6 heteroatoms. The Kier molecular flexibility index (Phi) is 5.98. The summed E-state index contributed by atoms with van der Waals surface area (Å²) in [5.74, 6) is 2.02. The van der Waals surface area contributed by atoms with Crippen LogP contribution in [0.15, 0.2) is 42.6 Å². The average molecular weight is 421 g/mol. The van der Waals surface area contributed by atoms with Crippen LogP contribution in [0.1, 0.15) is 40.4 Å². The number of methoxy groups -OCH3 is 3. The van der Waals surface area contributed by atoms with Gasteiger partial charge in [-0.15, -0.1) is 0 Å². The number of carbonyl (C=O) groups is 1. The zero-order valence-corrected chi connectivity index (χ0v) is 18.5. The van der Waals surface area contributed by atoms with Crippen LogP contribution in [-0.2, 0) is 0 Å². The van der Waals surface area contributed by atoms with Crippen molar-refractivity contribution in [1.82, 2.24) is 9.88 Å². The highest BCUT2D eigenvalue weighted by Crippen LogP contribution is 2.34. The molecule has 162 valence electrons. The second-order valence-electron chi connectivity index (χ2n) is 7.85. The number of rotatable bonds is 5. The molecule has 0 spiro atoms. The number of hydrogen-bond acceptors (Lipinski definition) is 5. The van der Waals surface area contributed by atoms with E-state index in [1.165, 1.54) is 0 Å². The number of pyridine rings is 1. The van der Waals surface area contributed by atoms with Crippen molar-refractivity contribution in [3.8, 4) is 17.2 Å². The van der Waals surface area contributed by atoms with Gasteiger partial charge in [0.2, 0.25) is 0 Å². The molecule has 1 aliphatic heterocycles. The lowest BCUT2D eigenvalue weighted by Gasteiger charge is -2.33. The number of nitrogens with zero attached hydrogens (tertiary/aromatic N) is 2. The monoisotopic (exact) mass is 420 g/mol. The van der Waals surface area contributed by atoms with Gasteiger partial charge in [0.25, 0.3) is 5.91 Å². The van der Waals surface area contributed by atoms with Crippen LogP contribution < -0.4 is 14.2 Å².